The topological polar surface area (TPSA) is 98.7 Å². The number of carbonyl (C=O) groups is 2. The summed E-state index contributed by atoms with van der Waals surface area (Å²) in [4.78, 5) is 22.3. The van der Waals surface area contributed by atoms with Gasteiger partial charge < -0.3 is 20.8 Å². The van der Waals surface area contributed by atoms with Crippen molar-refractivity contribution in [1.29, 1.82) is 0 Å². The Morgan fingerprint density at radius 1 is 0.950 bits per heavy atom. The monoisotopic (exact) mass is 276 g/mol. The number of carbonyl (C=O) groups excluding carboxylic acids is 2. The van der Waals surface area contributed by atoms with Gasteiger partial charge >= 0.3 is 0 Å². The second-order valence-electron chi connectivity index (χ2n) is 3.95. The fourth-order valence-electron chi connectivity index (χ4n) is 1.50. The molecule has 1 aromatic carbocycles. The van der Waals surface area contributed by atoms with E-state index < -0.39 is 0 Å². The predicted molar refractivity (Wildman–Crippen MR) is 73.9 cm³/mol. The lowest BCUT2D eigenvalue weighted by molar-refractivity contribution is -0.117. The smallest absolute Gasteiger partial charge is 0.243 e. The predicted octanol–water partition coefficient (Wildman–Crippen LogP) is 0.702. The van der Waals surface area contributed by atoms with Crippen molar-refractivity contribution in [2.75, 3.05) is 0 Å². The van der Waals surface area contributed by atoms with Crippen LogP contribution in [0.1, 0.15) is 11.1 Å². The van der Waals surface area contributed by atoms with E-state index in [1.807, 2.05) is 0 Å². The van der Waals surface area contributed by atoms with Crippen LogP contribution in [0.25, 0.3) is 0 Å². The van der Waals surface area contributed by atoms with Gasteiger partial charge in [0, 0.05) is 13.1 Å². The molecule has 0 radical (unpaired) electrons. The fraction of sp³-hybridized carbons (Fsp3) is 0.143. The van der Waals surface area contributed by atoms with Gasteiger partial charge in [0.1, 0.15) is 0 Å². The zero-order valence-electron chi connectivity index (χ0n) is 10.8. The SMILES string of the molecule is C=CC(=O)NCc1cc(O)c(O)cc1CNC(=O)C=C. The van der Waals surface area contributed by atoms with E-state index in [9.17, 15) is 19.8 Å². The van der Waals surface area contributed by atoms with Crippen LogP contribution in [-0.4, -0.2) is 22.0 Å². The molecular weight excluding hydrogens is 260 g/mol. The van der Waals surface area contributed by atoms with Crippen molar-refractivity contribution in [1.82, 2.24) is 10.6 Å². The quantitative estimate of drug-likeness (QED) is 0.454. The number of phenolic OH excluding ortho intramolecular Hbond substituents is 2. The highest BCUT2D eigenvalue weighted by molar-refractivity contribution is 5.87. The number of hydrogen-bond acceptors (Lipinski definition) is 4. The van der Waals surface area contributed by atoms with Crippen molar-refractivity contribution in [3.05, 3.63) is 48.6 Å². The average molecular weight is 276 g/mol. The molecule has 4 N–H and O–H groups in total. The third-order valence-electron chi connectivity index (χ3n) is 2.57. The molecule has 0 unspecified atom stereocenters. The minimum absolute atomic E-state index is 0.137. The maximum atomic E-state index is 11.1. The van der Waals surface area contributed by atoms with Crippen molar-refractivity contribution >= 4 is 11.8 Å². The number of aromatic hydroxyl groups is 2. The minimum atomic E-state index is -0.362. The Bertz CT molecular complexity index is 503. The first-order chi connectivity index (χ1) is 9.47. The van der Waals surface area contributed by atoms with Crippen molar-refractivity contribution in [3.8, 4) is 11.5 Å². The lowest BCUT2D eigenvalue weighted by Gasteiger charge is -2.12. The molecule has 106 valence electrons. The lowest BCUT2D eigenvalue weighted by atomic mass is 10.1. The summed E-state index contributed by atoms with van der Waals surface area (Å²) in [5.74, 6) is -1.32. The normalized spacial score (nSPS) is 9.60. The van der Waals surface area contributed by atoms with Crippen molar-refractivity contribution in [3.63, 3.8) is 0 Å². The number of hydrogen-bond donors (Lipinski definition) is 4. The molecule has 2 amide bonds. The molecule has 0 aliphatic carbocycles. The summed E-state index contributed by atoms with van der Waals surface area (Å²) in [5.41, 5.74) is 1.14. The summed E-state index contributed by atoms with van der Waals surface area (Å²) in [6.45, 7) is 6.93. The van der Waals surface area contributed by atoms with Crippen molar-refractivity contribution in [2.24, 2.45) is 0 Å². The fourth-order valence-corrected chi connectivity index (χ4v) is 1.50. The molecule has 0 bridgehead atoms. The van der Waals surface area contributed by atoms with Gasteiger partial charge in [-0.1, -0.05) is 13.2 Å². The molecule has 6 nitrogen and oxygen atoms in total. The van der Waals surface area contributed by atoms with Crippen LogP contribution in [0.4, 0.5) is 0 Å². The van der Waals surface area contributed by atoms with Gasteiger partial charge in [-0.25, -0.2) is 0 Å². The number of benzene rings is 1. The van der Waals surface area contributed by atoms with E-state index in [1.54, 1.807) is 0 Å². The first kappa shape index (κ1) is 15.3. The molecule has 0 heterocycles. The highest BCUT2D eigenvalue weighted by Crippen LogP contribution is 2.28. The Hall–Kier alpha value is -2.76. The Balaban J connectivity index is 2.91. The van der Waals surface area contributed by atoms with Gasteiger partial charge in [0.25, 0.3) is 0 Å². The van der Waals surface area contributed by atoms with Crippen LogP contribution in [0, 0.1) is 0 Å². The molecule has 0 atom stereocenters. The van der Waals surface area contributed by atoms with E-state index in [-0.39, 0.29) is 36.4 Å². The summed E-state index contributed by atoms with van der Waals surface area (Å²) in [6, 6.07) is 2.65. The molecule has 0 saturated heterocycles. The first-order valence-corrected chi connectivity index (χ1v) is 5.82. The van der Waals surface area contributed by atoms with Gasteiger partial charge in [-0.2, -0.15) is 0 Å². The lowest BCUT2D eigenvalue weighted by Crippen LogP contribution is -2.24. The maximum Gasteiger partial charge on any atom is 0.243 e. The molecule has 0 saturated carbocycles. The Kier molecular flexibility index (Phi) is 5.34. The van der Waals surface area contributed by atoms with E-state index in [1.165, 1.54) is 12.1 Å². The van der Waals surface area contributed by atoms with Crippen LogP contribution in [-0.2, 0) is 22.7 Å². The molecule has 0 fully saturated rings. The van der Waals surface area contributed by atoms with Crippen LogP contribution >= 0.6 is 0 Å². The zero-order valence-corrected chi connectivity index (χ0v) is 10.8. The largest absolute Gasteiger partial charge is 0.504 e. The number of phenols is 2. The Morgan fingerprint density at radius 2 is 1.30 bits per heavy atom. The maximum absolute atomic E-state index is 11.1. The zero-order chi connectivity index (χ0) is 15.1. The molecule has 0 aliphatic heterocycles. The third kappa shape index (κ3) is 4.16. The van der Waals surface area contributed by atoms with Gasteiger partial charge in [-0.3, -0.25) is 9.59 Å². The molecule has 20 heavy (non-hydrogen) atoms. The average Bonchev–Trinajstić information content (AvgIpc) is 2.45. The molecule has 0 spiro atoms. The highest BCUT2D eigenvalue weighted by Gasteiger charge is 2.10. The van der Waals surface area contributed by atoms with Crippen molar-refractivity contribution < 1.29 is 19.8 Å². The van der Waals surface area contributed by atoms with Crippen LogP contribution in [0.5, 0.6) is 11.5 Å². The molecule has 1 aromatic rings. The van der Waals surface area contributed by atoms with Gasteiger partial charge in [0.2, 0.25) is 11.8 Å². The molecule has 6 heteroatoms. The Labute approximate surface area is 116 Å². The van der Waals surface area contributed by atoms with Crippen LogP contribution in [0.3, 0.4) is 0 Å². The summed E-state index contributed by atoms with van der Waals surface area (Å²) >= 11 is 0. The van der Waals surface area contributed by atoms with E-state index in [2.05, 4.69) is 23.8 Å². The Morgan fingerprint density at radius 3 is 1.60 bits per heavy atom. The number of rotatable bonds is 6. The van der Waals surface area contributed by atoms with Crippen LogP contribution < -0.4 is 10.6 Å². The second kappa shape index (κ2) is 6.98. The molecular formula is C14H16N2O4. The van der Waals surface area contributed by atoms with E-state index in [0.29, 0.717) is 11.1 Å². The summed E-state index contributed by atoms with van der Waals surface area (Å²) in [5, 5.41) is 24.1. The van der Waals surface area contributed by atoms with E-state index in [4.69, 9.17) is 0 Å². The summed E-state index contributed by atoms with van der Waals surface area (Å²) < 4.78 is 0. The van der Waals surface area contributed by atoms with Crippen LogP contribution in [0.2, 0.25) is 0 Å². The summed E-state index contributed by atoms with van der Waals surface area (Å²) in [6.07, 6.45) is 2.25. The van der Waals surface area contributed by atoms with Crippen LogP contribution in [0.15, 0.2) is 37.4 Å². The first-order valence-electron chi connectivity index (χ1n) is 5.82. The molecule has 1 rings (SSSR count). The summed E-state index contributed by atoms with van der Waals surface area (Å²) in [7, 11) is 0. The number of nitrogens with one attached hydrogen (secondary N) is 2. The van der Waals surface area contributed by atoms with E-state index in [0.717, 1.165) is 12.2 Å². The third-order valence-corrected chi connectivity index (χ3v) is 2.57. The van der Waals surface area contributed by atoms with Crippen molar-refractivity contribution in [2.45, 2.75) is 13.1 Å². The highest BCUT2D eigenvalue weighted by atomic mass is 16.3. The second-order valence-corrected chi connectivity index (χ2v) is 3.95. The molecule has 0 aromatic heterocycles. The van der Waals surface area contributed by atoms with Gasteiger partial charge in [0.15, 0.2) is 11.5 Å². The van der Waals surface area contributed by atoms with Gasteiger partial charge in [0.05, 0.1) is 0 Å². The van der Waals surface area contributed by atoms with E-state index >= 15 is 0 Å². The number of amides is 2. The minimum Gasteiger partial charge on any atom is -0.504 e. The van der Waals surface area contributed by atoms with Gasteiger partial charge in [-0.15, -0.1) is 0 Å². The molecule has 0 aliphatic rings. The van der Waals surface area contributed by atoms with Gasteiger partial charge in [-0.05, 0) is 35.4 Å². The standard InChI is InChI=1S/C14H16N2O4/c1-3-13(19)15-7-9-5-11(17)12(18)6-10(9)8-16-14(20)4-2/h3-6,17-18H,1-2,7-8H2,(H,15,19)(H,16,20).